The minimum atomic E-state index is 0.531. The van der Waals surface area contributed by atoms with E-state index < -0.39 is 0 Å². The fraction of sp³-hybridized carbons (Fsp3) is 0.636. The molecule has 0 spiro atoms. The minimum Gasteiger partial charge on any atom is -0.478 e. The molecule has 1 fully saturated rings. The molecule has 0 unspecified atom stereocenters. The minimum absolute atomic E-state index is 0.531. The van der Waals surface area contributed by atoms with Crippen LogP contribution in [0.4, 0.5) is 5.82 Å². The van der Waals surface area contributed by atoms with Crippen LogP contribution in [0.3, 0.4) is 0 Å². The summed E-state index contributed by atoms with van der Waals surface area (Å²) in [5, 5.41) is 3.25. The standard InChI is InChI=1S/C11H18N4O/c1-4-16-11-8(2)10(13-7-14-11)15(3)9-5-12-6-9/h7,9,12H,4-6H2,1-3H3. The molecule has 0 amide bonds. The van der Waals surface area contributed by atoms with Crippen molar-refractivity contribution in [2.75, 3.05) is 31.6 Å². The Bertz CT molecular complexity index is 365. The first-order valence-corrected chi connectivity index (χ1v) is 5.62. The van der Waals surface area contributed by atoms with Gasteiger partial charge in [0.15, 0.2) is 0 Å². The van der Waals surface area contributed by atoms with Gasteiger partial charge in [0.05, 0.1) is 18.2 Å². The van der Waals surface area contributed by atoms with Gasteiger partial charge in [-0.1, -0.05) is 0 Å². The van der Waals surface area contributed by atoms with Crippen LogP contribution in [0.1, 0.15) is 12.5 Å². The van der Waals surface area contributed by atoms with Crippen LogP contribution in [0.2, 0.25) is 0 Å². The van der Waals surface area contributed by atoms with Crippen molar-refractivity contribution >= 4 is 5.82 Å². The third kappa shape index (κ3) is 1.95. The molecule has 88 valence electrons. The lowest BCUT2D eigenvalue weighted by Gasteiger charge is -2.37. The zero-order valence-electron chi connectivity index (χ0n) is 10.0. The maximum Gasteiger partial charge on any atom is 0.221 e. The second-order valence-electron chi connectivity index (χ2n) is 3.98. The first-order chi connectivity index (χ1) is 7.74. The molecule has 1 aromatic heterocycles. The van der Waals surface area contributed by atoms with E-state index >= 15 is 0 Å². The quantitative estimate of drug-likeness (QED) is 0.808. The Morgan fingerprint density at radius 3 is 2.81 bits per heavy atom. The van der Waals surface area contributed by atoms with Gasteiger partial charge in [0.2, 0.25) is 5.88 Å². The fourth-order valence-electron chi connectivity index (χ4n) is 1.78. The topological polar surface area (TPSA) is 50.3 Å². The van der Waals surface area contributed by atoms with Gasteiger partial charge in [-0.05, 0) is 13.8 Å². The summed E-state index contributed by atoms with van der Waals surface area (Å²) in [7, 11) is 2.07. The van der Waals surface area contributed by atoms with E-state index in [1.165, 1.54) is 0 Å². The highest BCUT2D eigenvalue weighted by molar-refractivity contribution is 5.50. The molecule has 1 aliphatic heterocycles. The van der Waals surface area contributed by atoms with Gasteiger partial charge in [0, 0.05) is 20.1 Å². The van der Waals surface area contributed by atoms with Crippen LogP contribution >= 0.6 is 0 Å². The number of nitrogens with zero attached hydrogens (tertiary/aromatic N) is 3. The highest BCUT2D eigenvalue weighted by atomic mass is 16.5. The summed E-state index contributed by atoms with van der Waals surface area (Å²) in [4.78, 5) is 10.7. The summed E-state index contributed by atoms with van der Waals surface area (Å²) in [6.45, 7) is 6.63. The van der Waals surface area contributed by atoms with Crippen LogP contribution in [0.5, 0.6) is 5.88 Å². The van der Waals surface area contributed by atoms with Gasteiger partial charge in [0.1, 0.15) is 12.1 Å². The smallest absolute Gasteiger partial charge is 0.221 e. The number of aromatic nitrogens is 2. The summed E-state index contributed by atoms with van der Waals surface area (Å²) >= 11 is 0. The maximum absolute atomic E-state index is 5.47. The second kappa shape index (κ2) is 4.65. The van der Waals surface area contributed by atoms with Gasteiger partial charge in [-0.2, -0.15) is 0 Å². The Morgan fingerprint density at radius 1 is 1.50 bits per heavy atom. The molecule has 0 bridgehead atoms. The monoisotopic (exact) mass is 222 g/mol. The fourth-order valence-corrected chi connectivity index (χ4v) is 1.78. The predicted octanol–water partition coefficient (Wildman–Crippen LogP) is 0.592. The van der Waals surface area contributed by atoms with Crippen molar-refractivity contribution in [3.8, 4) is 5.88 Å². The van der Waals surface area contributed by atoms with Crippen molar-refractivity contribution in [2.24, 2.45) is 0 Å². The van der Waals surface area contributed by atoms with Gasteiger partial charge in [-0.3, -0.25) is 0 Å². The van der Waals surface area contributed by atoms with Crippen molar-refractivity contribution in [1.29, 1.82) is 0 Å². The highest BCUT2D eigenvalue weighted by Gasteiger charge is 2.24. The Morgan fingerprint density at radius 2 is 2.25 bits per heavy atom. The summed E-state index contributed by atoms with van der Waals surface area (Å²) in [5.41, 5.74) is 1.01. The number of hydrogen-bond donors (Lipinski definition) is 1. The van der Waals surface area contributed by atoms with Gasteiger partial charge < -0.3 is 15.0 Å². The second-order valence-corrected chi connectivity index (χ2v) is 3.98. The molecule has 5 nitrogen and oxygen atoms in total. The molecule has 0 aliphatic carbocycles. The number of ether oxygens (including phenoxy) is 1. The molecule has 16 heavy (non-hydrogen) atoms. The van der Waals surface area contributed by atoms with E-state index in [0.717, 1.165) is 24.5 Å². The molecule has 2 rings (SSSR count). The Balaban J connectivity index is 2.22. The van der Waals surface area contributed by atoms with E-state index in [2.05, 4.69) is 27.2 Å². The largest absolute Gasteiger partial charge is 0.478 e. The molecule has 1 saturated heterocycles. The Hall–Kier alpha value is -1.36. The van der Waals surface area contributed by atoms with Gasteiger partial charge in [-0.25, -0.2) is 9.97 Å². The number of hydrogen-bond acceptors (Lipinski definition) is 5. The Labute approximate surface area is 95.8 Å². The lowest BCUT2D eigenvalue weighted by atomic mass is 10.1. The summed E-state index contributed by atoms with van der Waals surface area (Å²) in [5.74, 6) is 1.65. The molecule has 1 aromatic rings. The molecule has 0 radical (unpaired) electrons. The summed E-state index contributed by atoms with van der Waals surface area (Å²) in [6.07, 6.45) is 1.57. The molecule has 5 heteroatoms. The lowest BCUT2D eigenvalue weighted by Crippen LogP contribution is -2.56. The van der Waals surface area contributed by atoms with Crippen molar-refractivity contribution < 1.29 is 4.74 Å². The van der Waals surface area contributed by atoms with Crippen molar-refractivity contribution in [1.82, 2.24) is 15.3 Å². The third-order valence-electron chi connectivity index (χ3n) is 2.93. The van der Waals surface area contributed by atoms with Crippen molar-refractivity contribution in [2.45, 2.75) is 19.9 Å². The van der Waals surface area contributed by atoms with Crippen LogP contribution in [0.25, 0.3) is 0 Å². The molecule has 2 heterocycles. The Kier molecular flexibility index (Phi) is 3.24. The summed E-state index contributed by atoms with van der Waals surface area (Å²) in [6, 6.07) is 0.531. The van der Waals surface area contributed by atoms with Crippen LogP contribution < -0.4 is 15.0 Å². The zero-order chi connectivity index (χ0) is 11.5. The van der Waals surface area contributed by atoms with E-state index in [1.807, 2.05) is 13.8 Å². The molecular formula is C11H18N4O. The van der Waals surface area contributed by atoms with Crippen LogP contribution in [0, 0.1) is 6.92 Å². The number of rotatable bonds is 4. The van der Waals surface area contributed by atoms with Crippen LogP contribution in [-0.2, 0) is 0 Å². The zero-order valence-corrected chi connectivity index (χ0v) is 10.0. The molecule has 0 atom stereocenters. The predicted molar refractivity (Wildman–Crippen MR) is 63.0 cm³/mol. The lowest BCUT2D eigenvalue weighted by molar-refractivity contribution is 0.323. The SMILES string of the molecule is CCOc1ncnc(N(C)C2CNC2)c1C. The van der Waals surface area contributed by atoms with Gasteiger partial charge >= 0.3 is 0 Å². The van der Waals surface area contributed by atoms with E-state index in [1.54, 1.807) is 6.33 Å². The van der Waals surface area contributed by atoms with Crippen molar-refractivity contribution in [3.63, 3.8) is 0 Å². The first-order valence-electron chi connectivity index (χ1n) is 5.62. The van der Waals surface area contributed by atoms with Gasteiger partial charge in [0.25, 0.3) is 0 Å². The average molecular weight is 222 g/mol. The first kappa shape index (κ1) is 11.1. The molecule has 1 N–H and O–H groups in total. The number of likely N-dealkylation sites (N-methyl/N-ethyl adjacent to an activating group) is 1. The van der Waals surface area contributed by atoms with Crippen molar-refractivity contribution in [3.05, 3.63) is 11.9 Å². The van der Waals surface area contributed by atoms with E-state index in [4.69, 9.17) is 4.74 Å². The number of nitrogens with one attached hydrogen (secondary N) is 1. The van der Waals surface area contributed by atoms with E-state index in [9.17, 15) is 0 Å². The summed E-state index contributed by atoms with van der Waals surface area (Å²) < 4.78 is 5.47. The highest BCUT2D eigenvalue weighted by Crippen LogP contribution is 2.24. The number of anilines is 1. The van der Waals surface area contributed by atoms with Crippen LogP contribution in [-0.4, -0.2) is 42.8 Å². The molecule has 1 aliphatic rings. The molecular weight excluding hydrogens is 204 g/mol. The molecule has 0 saturated carbocycles. The van der Waals surface area contributed by atoms with Crippen LogP contribution in [0.15, 0.2) is 6.33 Å². The average Bonchev–Trinajstić information content (AvgIpc) is 2.18. The normalized spacial score (nSPS) is 15.7. The van der Waals surface area contributed by atoms with E-state index in [0.29, 0.717) is 18.5 Å². The van der Waals surface area contributed by atoms with Gasteiger partial charge in [-0.15, -0.1) is 0 Å². The molecule has 0 aromatic carbocycles. The third-order valence-corrected chi connectivity index (χ3v) is 2.93. The maximum atomic E-state index is 5.47. The van der Waals surface area contributed by atoms with E-state index in [-0.39, 0.29) is 0 Å².